The van der Waals surface area contributed by atoms with Crippen LogP contribution in [0.3, 0.4) is 0 Å². The van der Waals surface area contributed by atoms with Gasteiger partial charge in [-0.1, -0.05) is 6.07 Å². The molecule has 0 amide bonds. The van der Waals surface area contributed by atoms with Crippen molar-refractivity contribution in [3.63, 3.8) is 0 Å². The third-order valence-electron chi connectivity index (χ3n) is 3.72. The monoisotopic (exact) mass is 319 g/mol. The molecule has 3 aromatic rings. The van der Waals surface area contributed by atoms with E-state index in [1.807, 2.05) is 0 Å². The first-order valence-corrected chi connectivity index (χ1v) is 7.22. The van der Waals surface area contributed by atoms with Crippen LogP contribution in [-0.2, 0) is 16.0 Å². The molecular weight excluding hydrogens is 306 g/mol. The highest BCUT2D eigenvalue weighted by atomic mass is 16.5. The Bertz CT molecular complexity index is 966. The van der Waals surface area contributed by atoms with Gasteiger partial charge in [0.15, 0.2) is 0 Å². The Kier molecular flexibility index (Phi) is 4.08. The van der Waals surface area contributed by atoms with Gasteiger partial charge in [0.1, 0.15) is 6.29 Å². The first kappa shape index (κ1) is 15.4. The number of benzene rings is 2. The lowest BCUT2D eigenvalue weighted by atomic mass is 10.1. The number of fused-ring (bicyclic) bond motifs is 1. The highest BCUT2D eigenvalue weighted by molar-refractivity contribution is 6.05. The van der Waals surface area contributed by atoms with Gasteiger partial charge in [0.05, 0.1) is 41.2 Å². The summed E-state index contributed by atoms with van der Waals surface area (Å²) in [6.07, 6.45) is 0.870. The summed E-state index contributed by atoms with van der Waals surface area (Å²) in [6, 6.07) is 14.0. The van der Waals surface area contributed by atoms with Gasteiger partial charge in [0, 0.05) is 11.8 Å². The minimum atomic E-state index is -0.480. The van der Waals surface area contributed by atoms with Gasteiger partial charge in [0.2, 0.25) is 0 Å². The van der Waals surface area contributed by atoms with Crippen LogP contribution in [-0.4, -0.2) is 29.1 Å². The van der Waals surface area contributed by atoms with Gasteiger partial charge >= 0.3 is 5.97 Å². The summed E-state index contributed by atoms with van der Waals surface area (Å²) in [5, 5.41) is 14.0. The molecule has 0 unspecified atom stereocenters. The van der Waals surface area contributed by atoms with E-state index in [0.717, 1.165) is 6.29 Å². The van der Waals surface area contributed by atoms with E-state index in [-0.39, 0.29) is 6.42 Å². The van der Waals surface area contributed by atoms with E-state index in [4.69, 9.17) is 10.00 Å². The second-order valence-corrected chi connectivity index (χ2v) is 5.08. The minimum absolute atomic E-state index is 0.102. The Morgan fingerprint density at radius 1 is 1.29 bits per heavy atom. The van der Waals surface area contributed by atoms with Gasteiger partial charge in [0.25, 0.3) is 0 Å². The van der Waals surface area contributed by atoms with Crippen molar-refractivity contribution in [3.8, 4) is 11.8 Å². The molecule has 0 aliphatic carbocycles. The number of hydrogen-bond donors (Lipinski definition) is 0. The number of methoxy groups -OCH3 is 1. The Morgan fingerprint density at radius 3 is 2.67 bits per heavy atom. The lowest BCUT2D eigenvalue weighted by Gasteiger charge is -2.07. The molecule has 1 heterocycles. The number of hydrogen-bond acceptors (Lipinski definition) is 5. The molecule has 0 saturated heterocycles. The van der Waals surface area contributed by atoms with Gasteiger partial charge in [-0.25, -0.2) is 9.48 Å². The number of esters is 1. The lowest BCUT2D eigenvalue weighted by Crippen LogP contribution is -2.05. The summed E-state index contributed by atoms with van der Waals surface area (Å²) >= 11 is 0. The molecule has 1 aromatic heterocycles. The van der Waals surface area contributed by atoms with Crippen molar-refractivity contribution in [3.05, 3.63) is 59.3 Å². The highest BCUT2D eigenvalue weighted by Crippen LogP contribution is 2.26. The zero-order valence-corrected chi connectivity index (χ0v) is 12.9. The van der Waals surface area contributed by atoms with Crippen LogP contribution in [0.5, 0.6) is 0 Å². The van der Waals surface area contributed by atoms with Crippen LogP contribution < -0.4 is 0 Å². The van der Waals surface area contributed by atoms with Crippen LogP contribution >= 0.6 is 0 Å². The summed E-state index contributed by atoms with van der Waals surface area (Å²) in [5.74, 6) is -0.480. The molecule has 6 heteroatoms. The van der Waals surface area contributed by atoms with Crippen molar-refractivity contribution in [1.29, 1.82) is 5.26 Å². The topological polar surface area (TPSA) is 85.0 Å². The Morgan fingerprint density at radius 2 is 2.04 bits per heavy atom. The minimum Gasteiger partial charge on any atom is -0.465 e. The van der Waals surface area contributed by atoms with Gasteiger partial charge in [-0.2, -0.15) is 10.4 Å². The predicted octanol–water partition coefficient (Wildman–Crippen LogP) is 2.43. The van der Waals surface area contributed by atoms with Gasteiger partial charge in [-0.05, 0) is 36.4 Å². The average molecular weight is 319 g/mol. The molecule has 6 nitrogen and oxygen atoms in total. The Balaban J connectivity index is 2.28. The lowest BCUT2D eigenvalue weighted by molar-refractivity contribution is -0.107. The Labute approximate surface area is 137 Å². The molecule has 118 valence electrons. The maximum absolute atomic E-state index is 12.0. The van der Waals surface area contributed by atoms with E-state index in [2.05, 4.69) is 11.2 Å². The maximum Gasteiger partial charge on any atom is 0.338 e. The molecule has 0 N–H and O–H groups in total. The molecular formula is C18H13N3O3. The Hall–Kier alpha value is -3.46. The van der Waals surface area contributed by atoms with Crippen LogP contribution in [0.15, 0.2) is 42.5 Å². The zero-order chi connectivity index (χ0) is 17.1. The quantitative estimate of drug-likeness (QED) is 0.544. The fourth-order valence-electron chi connectivity index (χ4n) is 2.64. The number of rotatable bonds is 4. The predicted molar refractivity (Wildman–Crippen MR) is 86.9 cm³/mol. The molecule has 0 saturated carbocycles. The third kappa shape index (κ3) is 2.52. The molecule has 0 bridgehead atoms. The van der Waals surface area contributed by atoms with Crippen LogP contribution in [0.1, 0.15) is 21.6 Å². The maximum atomic E-state index is 12.0. The van der Waals surface area contributed by atoms with Crippen molar-refractivity contribution in [2.45, 2.75) is 6.42 Å². The second kappa shape index (κ2) is 6.34. The van der Waals surface area contributed by atoms with Crippen LogP contribution in [0.2, 0.25) is 0 Å². The van der Waals surface area contributed by atoms with Crippen molar-refractivity contribution in [2.75, 3.05) is 7.11 Å². The van der Waals surface area contributed by atoms with Crippen molar-refractivity contribution < 1.29 is 14.3 Å². The van der Waals surface area contributed by atoms with Crippen LogP contribution in [0, 0.1) is 11.3 Å². The number of nitrogens with zero attached hydrogens (tertiary/aromatic N) is 3. The van der Waals surface area contributed by atoms with E-state index < -0.39 is 5.97 Å². The largest absolute Gasteiger partial charge is 0.465 e. The van der Waals surface area contributed by atoms with E-state index in [9.17, 15) is 9.59 Å². The summed E-state index contributed by atoms with van der Waals surface area (Å²) in [7, 11) is 1.31. The van der Waals surface area contributed by atoms with Crippen LogP contribution in [0.4, 0.5) is 0 Å². The standard InChI is InChI=1S/C18H13N3O3/c1-24-18(23)14-3-2-4-15-17(14)16(9-10-22)21(20-15)13-7-5-12(11-19)6-8-13/h2-8,10H,9H2,1H3. The highest BCUT2D eigenvalue weighted by Gasteiger charge is 2.19. The van der Waals surface area contributed by atoms with Gasteiger partial charge in [-0.15, -0.1) is 0 Å². The van der Waals surface area contributed by atoms with E-state index in [1.165, 1.54) is 7.11 Å². The molecule has 3 rings (SSSR count). The molecule has 0 atom stereocenters. The fourth-order valence-corrected chi connectivity index (χ4v) is 2.64. The SMILES string of the molecule is COC(=O)c1cccc2nn(-c3ccc(C#N)cc3)c(CC=O)c12. The number of carbonyl (C=O) groups excluding carboxylic acids is 2. The van der Waals surface area contributed by atoms with E-state index >= 15 is 0 Å². The summed E-state index contributed by atoms with van der Waals surface area (Å²) in [5.41, 5.74) is 2.80. The van der Waals surface area contributed by atoms with Crippen molar-refractivity contribution in [2.24, 2.45) is 0 Å². The van der Waals surface area contributed by atoms with Crippen LogP contribution in [0.25, 0.3) is 16.6 Å². The molecule has 0 aliphatic rings. The summed E-state index contributed by atoms with van der Waals surface area (Å²) in [4.78, 5) is 23.2. The van der Waals surface area contributed by atoms with Crippen molar-refractivity contribution >= 4 is 23.2 Å². The normalized spacial score (nSPS) is 10.3. The number of carbonyl (C=O) groups is 2. The molecule has 0 radical (unpaired) electrons. The summed E-state index contributed by atoms with van der Waals surface area (Å²) < 4.78 is 6.44. The smallest absolute Gasteiger partial charge is 0.338 e. The molecule has 0 aliphatic heterocycles. The number of aromatic nitrogens is 2. The zero-order valence-electron chi connectivity index (χ0n) is 12.9. The number of aldehydes is 1. The average Bonchev–Trinajstić information content (AvgIpc) is 3.00. The molecule has 2 aromatic carbocycles. The second-order valence-electron chi connectivity index (χ2n) is 5.08. The van der Waals surface area contributed by atoms with E-state index in [0.29, 0.717) is 33.4 Å². The third-order valence-corrected chi connectivity index (χ3v) is 3.72. The first-order chi connectivity index (χ1) is 11.7. The number of ether oxygens (including phenoxy) is 1. The van der Waals surface area contributed by atoms with E-state index in [1.54, 1.807) is 47.1 Å². The van der Waals surface area contributed by atoms with Crippen molar-refractivity contribution in [1.82, 2.24) is 9.78 Å². The van der Waals surface area contributed by atoms with Gasteiger partial charge in [-0.3, -0.25) is 0 Å². The fraction of sp³-hybridized carbons (Fsp3) is 0.111. The number of nitriles is 1. The molecule has 0 spiro atoms. The summed E-state index contributed by atoms with van der Waals surface area (Å²) in [6.45, 7) is 0. The van der Waals surface area contributed by atoms with Gasteiger partial charge < -0.3 is 9.53 Å². The molecule has 24 heavy (non-hydrogen) atoms. The first-order valence-electron chi connectivity index (χ1n) is 7.22. The molecule has 0 fully saturated rings.